The summed E-state index contributed by atoms with van der Waals surface area (Å²) < 4.78 is 10.8. The molecule has 0 radical (unpaired) electrons. The minimum absolute atomic E-state index is 0.141. The van der Waals surface area contributed by atoms with Crippen LogP contribution in [0.3, 0.4) is 0 Å². The van der Waals surface area contributed by atoms with Crippen LogP contribution >= 0.6 is 0 Å². The maximum Gasteiger partial charge on any atom is 0.339 e. The Labute approximate surface area is 165 Å². The Hall–Kier alpha value is -3.08. The van der Waals surface area contributed by atoms with Gasteiger partial charge in [0, 0.05) is 18.7 Å². The summed E-state index contributed by atoms with van der Waals surface area (Å²) >= 11 is 0. The van der Waals surface area contributed by atoms with E-state index in [2.05, 4.69) is 0 Å². The minimum Gasteiger partial charge on any atom is -0.496 e. The van der Waals surface area contributed by atoms with Gasteiger partial charge in [-0.2, -0.15) is 0 Å². The van der Waals surface area contributed by atoms with Gasteiger partial charge in [0.25, 0.3) is 5.91 Å². The van der Waals surface area contributed by atoms with Gasteiger partial charge in [0.2, 0.25) is 0 Å². The average molecular weight is 379 g/mol. The van der Waals surface area contributed by atoms with Crippen molar-refractivity contribution in [2.45, 2.75) is 19.3 Å². The van der Waals surface area contributed by atoms with Crippen LogP contribution in [0.2, 0.25) is 0 Å². The predicted octanol–water partition coefficient (Wildman–Crippen LogP) is 3.79. The lowest BCUT2D eigenvalue weighted by atomic mass is 10.0. The number of ether oxygens (including phenoxy) is 2. The highest BCUT2D eigenvalue weighted by atomic mass is 16.5. The molecule has 0 bridgehead atoms. The number of methoxy groups -OCH3 is 1. The van der Waals surface area contributed by atoms with Crippen molar-refractivity contribution in [2.24, 2.45) is 0 Å². The van der Waals surface area contributed by atoms with Crippen LogP contribution in [0.25, 0.3) is 11.6 Å². The lowest BCUT2D eigenvalue weighted by Crippen LogP contribution is -2.38. The molecule has 1 amide bonds. The Morgan fingerprint density at radius 2 is 1.64 bits per heavy atom. The second kappa shape index (κ2) is 9.74. The fourth-order valence-electron chi connectivity index (χ4n) is 3.26. The Kier molecular flexibility index (Phi) is 6.84. The number of para-hydroxylation sites is 1. The van der Waals surface area contributed by atoms with Crippen LogP contribution in [0.5, 0.6) is 5.75 Å². The summed E-state index contributed by atoms with van der Waals surface area (Å²) in [5.41, 5.74) is 1.88. The first-order valence-electron chi connectivity index (χ1n) is 9.54. The Morgan fingerprint density at radius 3 is 2.36 bits per heavy atom. The monoisotopic (exact) mass is 379 g/mol. The SMILES string of the molecule is COc1ccccc1/C=C(/C(=O)OCC(=O)N1CCCCC1)c1ccccc1. The zero-order chi connectivity index (χ0) is 19.8. The van der Waals surface area contributed by atoms with Gasteiger partial charge in [-0.05, 0) is 37.0 Å². The maximum atomic E-state index is 12.8. The fourth-order valence-corrected chi connectivity index (χ4v) is 3.26. The molecule has 1 aliphatic rings. The Morgan fingerprint density at radius 1 is 0.964 bits per heavy atom. The fraction of sp³-hybridized carbons (Fsp3) is 0.304. The van der Waals surface area contributed by atoms with E-state index in [1.165, 1.54) is 0 Å². The van der Waals surface area contributed by atoms with Crippen molar-refractivity contribution in [1.82, 2.24) is 4.90 Å². The Balaban J connectivity index is 1.80. The number of hydrogen-bond donors (Lipinski definition) is 0. The van der Waals surface area contributed by atoms with Crippen molar-refractivity contribution < 1.29 is 19.1 Å². The molecule has 0 saturated carbocycles. The van der Waals surface area contributed by atoms with Gasteiger partial charge < -0.3 is 14.4 Å². The van der Waals surface area contributed by atoms with E-state index in [0.717, 1.165) is 43.5 Å². The van der Waals surface area contributed by atoms with E-state index < -0.39 is 5.97 Å². The van der Waals surface area contributed by atoms with Gasteiger partial charge in [0.15, 0.2) is 6.61 Å². The molecule has 5 heteroatoms. The molecule has 3 rings (SSSR count). The molecule has 1 heterocycles. The summed E-state index contributed by atoms with van der Waals surface area (Å²) in [6.45, 7) is 1.23. The number of rotatable bonds is 6. The third-order valence-corrected chi connectivity index (χ3v) is 4.78. The topological polar surface area (TPSA) is 55.8 Å². The lowest BCUT2D eigenvalue weighted by molar-refractivity contribution is -0.147. The van der Waals surface area contributed by atoms with Crippen molar-refractivity contribution in [1.29, 1.82) is 0 Å². The molecule has 0 atom stereocenters. The lowest BCUT2D eigenvalue weighted by Gasteiger charge is -2.26. The van der Waals surface area contributed by atoms with Gasteiger partial charge in [0.1, 0.15) is 5.75 Å². The molecule has 2 aromatic rings. The second-order valence-electron chi connectivity index (χ2n) is 6.68. The van der Waals surface area contributed by atoms with Crippen LogP contribution in [0.15, 0.2) is 54.6 Å². The van der Waals surface area contributed by atoms with Gasteiger partial charge in [-0.3, -0.25) is 4.79 Å². The molecule has 0 aromatic heterocycles. The summed E-state index contributed by atoms with van der Waals surface area (Å²) in [6.07, 6.45) is 4.89. The number of nitrogens with zero attached hydrogens (tertiary/aromatic N) is 1. The molecule has 0 aliphatic carbocycles. The van der Waals surface area contributed by atoms with Gasteiger partial charge in [-0.15, -0.1) is 0 Å². The standard InChI is InChI=1S/C23H25NO4/c1-27-21-13-7-6-12-19(21)16-20(18-10-4-2-5-11-18)23(26)28-17-22(25)24-14-8-3-9-15-24/h2,4-7,10-13,16H,3,8-9,14-15,17H2,1H3/b20-16+. The van der Waals surface area contributed by atoms with Crippen LogP contribution in [0, 0.1) is 0 Å². The molecule has 0 N–H and O–H groups in total. The number of piperidine rings is 1. The predicted molar refractivity (Wildman–Crippen MR) is 109 cm³/mol. The number of likely N-dealkylation sites (tertiary alicyclic amines) is 1. The van der Waals surface area contributed by atoms with E-state index in [4.69, 9.17) is 9.47 Å². The quantitative estimate of drug-likeness (QED) is 0.435. The molecular weight excluding hydrogens is 354 g/mol. The normalized spacial score (nSPS) is 14.5. The molecular formula is C23H25NO4. The van der Waals surface area contributed by atoms with Gasteiger partial charge >= 0.3 is 5.97 Å². The highest BCUT2D eigenvalue weighted by molar-refractivity contribution is 6.22. The summed E-state index contributed by atoms with van der Waals surface area (Å²) in [7, 11) is 1.59. The summed E-state index contributed by atoms with van der Waals surface area (Å²) in [5, 5.41) is 0. The molecule has 1 fully saturated rings. The molecule has 1 aliphatic heterocycles. The smallest absolute Gasteiger partial charge is 0.339 e. The van der Waals surface area contributed by atoms with E-state index in [9.17, 15) is 9.59 Å². The number of benzene rings is 2. The van der Waals surface area contributed by atoms with Crippen LogP contribution in [-0.4, -0.2) is 43.6 Å². The van der Waals surface area contributed by atoms with Crippen LogP contribution in [0.1, 0.15) is 30.4 Å². The zero-order valence-corrected chi connectivity index (χ0v) is 16.1. The molecule has 28 heavy (non-hydrogen) atoms. The van der Waals surface area contributed by atoms with Gasteiger partial charge in [0.05, 0.1) is 12.7 Å². The number of hydrogen-bond acceptors (Lipinski definition) is 4. The van der Waals surface area contributed by atoms with E-state index in [-0.39, 0.29) is 12.5 Å². The first-order chi connectivity index (χ1) is 13.7. The number of amides is 1. The van der Waals surface area contributed by atoms with Crippen LogP contribution < -0.4 is 4.74 Å². The van der Waals surface area contributed by atoms with Crippen molar-refractivity contribution in [3.05, 3.63) is 65.7 Å². The van der Waals surface area contributed by atoms with E-state index >= 15 is 0 Å². The third-order valence-electron chi connectivity index (χ3n) is 4.78. The molecule has 0 spiro atoms. The first kappa shape index (κ1) is 19.7. The van der Waals surface area contributed by atoms with E-state index in [0.29, 0.717) is 11.3 Å². The third kappa shape index (κ3) is 5.00. The Bertz CT molecular complexity index is 839. The maximum absolute atomic E-state index is 12.8. The molecule has 2 aromatic carbocycles. The van der Waals surface area contributed by atoms with Crippen molar-refractivity contribution in [2.75, 3.05) is 26.8 Å². The summed E-state index contributed by atoms with van der Waals surface area (Å²) in [6, 6.07) is 16.7. The molecule has 1 saturated heterocycles. The summed E-state index contributed by atoms with van der Waals surface area (Å²) in [4.78, 5) is 26.9. The largest absolute Gasteiger partial charge is 0.496 e. The van der Waals surface area contributed by atoms with Crippen molar-refractivity contribution in [3.63, 3.8) is 0 Å². The number of carbonyl (C=O) groups is 2. The number of esters is 1. The first-order valence-corrected chi connectivity index (χ1v) is 9.54. The van der Waals surface area contributed by atoms with Crippen molar-refractivity contribution >= 4 is 23.5 Å². The molecule has 5 nitrogen and oxygen atoms in total. The second-order valence-corrected chi connectivity index (χ2v) is 6.68. The zero-order valence-electron chi connectivity index (χ0n) is 16.1. The van der Waals surface area contributed by atoms with Crippen LogP contribution in [0.4, 0.5) is 0 Å². The van der Waals surface area contributed by atoms with E-state index in [1.807, 2.05) is 54.6 Å². The molecule has 146 valence electrons. The summed E-state index contributed by atoms with van der Waals surface area (Å²) in [5.74, 6) is -0.00616. The minimum atomic E-state index is -0.525. The highest BCUT2D eigenvalue weighted by Crippen LogP contribution is 2.25. The number of carbonyl (C=O) groups excluding carboxylic acids is 2. The average Bonchev–Trinajstić information content (AvgIpc) is 2.77. The highest BCUT2D eigenvalue weighted by Gasteiger charge is 2.20. The van der Waals surface area contributed by atoms with Gasteiger partial charge in [-0.1, -0.05) is 48.5 Å². The van der Waals surface area contributed by atoms with Crippen molar-refractivity contribution in [3.8, 4) is 5.75 Å². The van der Waals surface area contributed by atoms with E-state index in [1.54, 1.807) is 18.1 Å². The molecule has 0 unspecified atom stereocenters. The van der Waals surface area contributed by atoms with Crippen LogP contribution in [-0.2, 0) is 14.3 Å². The van der Waals surface area contributed by atoms with Gasteiger partial charge in [-0.25, -0.2) is 4.79 Å².